The summed E-state index contributed by atoms with van der Waals surface area (Å²) in [5.74, 6) is 0.0599. The largest absolute Gasteiger partial charge is 0.353 e. The predicted molar refractivity (Wildman–Crippen MR) is 87.4 cm³/mol. The number of benzene rings is 1. The Bertz CT molecular complexity index is 637. The summed E-state index contributed by atoms with van der Waals surface area (Å²) in [6.45, 7) is 3.97. The molecule has 22 heavy (non-hydrogen) atoms. The highest BCUT2D eigenvalue weighted by Gasteiger charge is 2.17. The monoisotopic (exact) mass is 321 g/mol. The van der Waals surface area contributed by atoms with Crippen molar-refractivity contribution in [3.63, 3.8) is 0 Å². The molecule has 0 bridgehead atoms. The maximum atomic E-state index is 12.0. The average molecular weight is 321 g/mol. The van der Waals surface area contributed by atoms with Gasteiger partial charge in [0.05, 0.1) is 4.90 Å². The van der Waals surface area contributed by atoms with Crippen LogP contribution in [0.25, 0.3) is 0 Å². The van der Waals surface area contributed by atoms with Crippen molar-refractivity contribution < 1.29 is 13.2 Å². The van der Waals surface area contributed by atoms with Crippen LogP contribution in [0.15, 0.2) is 41.3 Å². The number of hydrogen-bond donors (Lipinski definition) is 1. The highest BCUT2D eigenvalue weighted by atomic mass is 32.2. The zero-order chi connectivity index (χ0) is 16.2. The van der Waals surface area contributed by atoms with E-state index < -0.39 is 9.84 Å². The molecule has 1 N–H and O–H groups in total. The molecule has 0 aliphatic heterocycles. The zero-order valence-corrected chi connectivity index (χ0v) is 13.8. The third kappa shape index (κ3) is 4.98. The minimum atomic E-state index is -3.16. The summed E-state index contributed by atoms with van der Waals surface area (Å²) >= 11 is 0. The minimum Gasteiger partial charge on any atom is -0.353 e. The maximum absolute atomic E-state index is 12.0. The number of carbonyl (C=O) groups is 1. The van der Waals surface area contributed by atoms with E-state index >= 15 is 0 Å². The molecule has 1 aromatic carbocycles. The van der Waals surface area contributed by atoms with Crippen molar-refractivity contribution in [2.75, 3.05) is 6.26 Å². The van der Waals surface area contributed by atoms with Gasteiger partial charge in [0.1, 0.15) is 0 Å². The number of amides is 1. The van der Waals surface area contributed by atoms with Crippen molar-refractivity contribution in [1.29, 1.82) is 0 Å². The molecular weight excluding hydrogens is 298 g/mol. The van der Waals surface area contributed by atoms with Crippen molar-refractivity contribution in [3.8, 4) is 0 Å². The van der Waals surface area contributed by atoms with Crippen LogP contribution in [0.4, 0.5) is 0 Å². The Morgan fingerprint density at radius 3 is 2.36 bits per heavy atom. The first-order chi connectivity index (χ1) is 10.3. The van der Waals surface area contributed by atoms with Crippen LogP contribution in [-0.2, 0) is 21.1 Å². The molecule has 2 rings (SSSR count). The van der Waals surface area contributed by atoms with E-state index in [2.05, 4.69) is 11.9 Å². The van der Waals surface area contributed by atoms with Crippen LogP contribution in [0.3, 0.4) is 0 Å². The summed E-state index contributed by atoms with van der Waals surface area (Å²) in [4.78, 5) is 12.3. The second-order valence-corrected chi connectivity index (χ2v) is 8.02. The average Bonchev–Trinajstić information content (AvgIpc) is 2.47. The highest BCUT2D eigenvalue weighted by Crippen LogP contribution is 2.21. The van der Waals surface area contributed by atoms with Gasteiger partial charge in [-0.2, -0.15) is 0 Å². The van der Waals surface area contributed by atoms with E-state index in [4.69, 9.17) is 0 Å². The van der Waals surface area contributed by atoms with E-state index in [0.29, 0.717) is 17.7 Å². The van der Waals surface area contributed by atoms with E-state index in [1.54, 1.807) is 24.3 Å². The van der Waals surface area contributed by atoms with Gasteiger partial charge in [-0.05, 0) is 49.8 Å². The van der Waals surface area contributed by atoms with Crippen LogP contribution in [-0.4, -0.2) is 26.6 Å². The van der Waals surface area contributed by atoms with Gasteiger partial charge in [-0.3, -0.25) is 4.79 Å². The second-order valence-electron chi connectivity index (χ2n) is 6.01. The number of nitrogens with one attached hydrogen (secondary N) is 1. The minimum absolute atomic E-state index is 0.0599. The molecule has 0 aromatic heterocycles. The molecule has 0 unspecified atom stereocenters. The fourth-order valence-corrected chi connectivity index (χ4v) is 3.26. The lowest BCUT2D eigenvalue weighted by molar-refractivity contribution is -0.121. The molecule has 0 heterocycles. The van der Waals surface area contributed by atoms with E-state index in [9.17, 15) is 13.2 Å². The van der Waals surface area contributed by atoms with Gasteiger partial charge >= 0.3 is 0 Å². The van der Waals surface area contributed by atoms with Crippen LogP contribution >= 0.6 is 0 Å². The maximum Gasteiger partial charge on any atom is 0.220 e. The van der Waals surface area contributed by atoms with Gasteiger partial charge in [-0.15, -0.1) is 0 Å². The predicted octanol–water partition coefficient (Wildman–Crippen LogP) is 2.64. The summed E-state index contributed by atoms with van der Waals surface area (Å²) in [6, 6.07) is 7.00. The Morgan fingerprint density at radius 2 is 1.82 bits per heavy atom. The summed E-state index contributed by atoms with van der Waals surface area (Å²) in [7, 11) is -3.16. The molecule has 0 spiro atoms. The Balaban J connectivity index is 1.80. The number of hydrogen-bond acceptors (Lipinski definition) is 3. The normalized spacial score (nSPS) is 16.5. The molecule has 120 valence electrons. The van der Waals surface area contributed by atoms with E-state index in [1.165, 1.54) is 11.8 Å². The molecule has 1 amide bonds. The van der Waals surface area contributed by atoms with Gasteiger partial charge in [0.2, 0.25) is 5.91 Å². The number of allylic oxidation sites excluding steroid dienone is 1. The standard InChI is InChI=1S/C17H23NO3S/c1-13-3-8-15(9-4-13)18-17(19)12-7-14-5-10-16(11-6-14)22(2,20)21/h5-6,10-11,15H,1,3-4,7-9,12H2,2H3,(H,18,19). The molecule has 1 aliphatic carbocycles. The number of rotatable bonds is 5. The van der Waals surface area contributed by atoms with Gasteiger partial charge in [-0.1, -0.05) is 24.3 Å². The second kappa shape index (κ2) is 7.09. The molecule has 1 saturated carbocycles. The molecule has 1 aliphatic rings. The number of carbonyl (C=O) groups excluding carboxylic acids is 1. The third-order valence-electron chi connectivity index (χ3n) is 4.05. The van der Waals surface area contributed by atoms with Gasteiger partial charge in [-0.25, -0.2) is 8.42 Å². The molecule has 1 aromatic rings. The lowest BCUT2D eigenvalue weighted by atomic mass is 9.92. The number of aryl methyl sites for hydroxylation is 1. The summed E-state index contributed by atoms with van der Waals surface area (Å²) < 4.78 is 22.8. The molecule has 0 radical (unpaired) electrons. The van der Waals surface area contributed by atoms with Gasteiger partial charge in [0.25, 0.3) is 0 Å². The Labute approximate surface area is 132 Å². The van der Waals surface area contributed by atoms with Crippen LogP contribution in [0, 0.1) is 0 Å². The van der Waals surface area contributed by atoms with E-state index in [1.807, 2.05) is 0 Å². The first-order valence-corrected chi connectivity index (χ1v) is 9.49. The number of sulfone groups is 1. The van der Waals surface area contributed by atoms with Crippen molar-refractivity contribution in [1.82, 2.24) is 5.32 Å². The quantitative estimate of drug-likeness (QED) is 0.848. The summed E-state index contributed by atoms with van der Waals surface area (Å²) in [5, 5.41) is 3.07. The lowest BCUT2D eigenvalue weighted by Crippen LogP contribution is -2.36. The molecule has 5 heteroatoms. The summed E-state index contributed by atoms with van der Waals surface area (Å²) in [6.07, 6.45) is 6.19. The van der Waals surface area contributed by atoms with E-state index in [0.717, 1.165) is 31.2 Å². The van der Waals surface area contributed by atoms with Crippen LogP contribution in [0.5, 0.6) is 0 Å². The lowest BCUT2D eigenvalue weighted by Gasteiger charge is -2.24. The molecule has 0 atom stereocenters. The fraction of sp³-hybridized carbons (Fsp3) is 0.471. The first-order valence-electron chi connectivity index (χ1n) is 7.59. The topological polar surface area (TPSA) is 63.2 Å². The third-order valence-corrected chi connectivity index (χ3v) is 5.18. The molecule has 1 fully saturated rings. The Morgan fingerprint density at radius 1 is 1.23 bits per heavy atom. The molecule has 4 nitrogen and oxygen atoms in total. The fourth-order valence-electron chi connectivity index (χ4n) is 2.63. The first kappa shape index (κ1) is 16.7. The van der Waals surface area contributed by atoms with Crippen LogP contribution in [0.2, 0.25) is 0 Å². The highest BCUT2D eigenvalue weighted by molar-refractivity contribution is 7.90. The SMILES string of the molecule is C=C1CCC(NC(=O)CCc2ccc(S(C)(=O)=O)cc2)CC1. The van der Waals surface area contributed by atoms with Crippen molar-refractivity contribution in [3.05, 3.63) is 42.0 Å². The van der Waals surface area contributed by atoms with Gasteiger partial charge < -0.3 is 5.32 Å². The molecule has 0 saturated heterocycles. The zero-order valence-electron chi connectivity index (χ0n) is 13.0. The van der Waals surface area contributed by atoms with Crippen molar-refractivity contribution in [2.24, 2.45) is 0 Å². The Hall–Kier alpha value is -1.62. The van der Waals surface area contributed by atoms with Crippen LogP contribution in [0.1, 0.15) is 37.7 Å². The van der Waals surface area contributed by atoms with Gasteiger partial charge in [0.15, 0.2) is 9.84 Å². The van der Waals surface area contributed by atoms with E-state index in [-0.39, 0.29) is 11.9 Å². The smallest absolute Gasteiger partial charge is 0.220 e. The summed E-state index contributed by atoms with van der Waals surface area (Å²) in [5.41, 5.74) is 2.25. The van der Waals surface area contributed by atoms with Gasteiger partial charge in [0, 0.05) is 18.7 Å². The van der Waals surface area contributed by atoms with Crippen molar-refractivity contribution >= 4 is 15.7 Å². The van der Waals surface area contributed by atoms with Crippen LogP contribution < -0.4 is 5.32 Å². The van der Waals surface area contributed by atoms with Crippen molar-refractivity contribution in [2.45, 2.75) is 49.5 Å². The molecular formula is C17H23NO3S. The Kier molecular flexibility index (Phi) is 5.40.